The highest BCUT2D eigenvalue weighted by Gasteiger charge is 2.25. The summed E-state index contributed by atoms with van der Waals surface area (Å²) in [6, 6.07) is 5.41. The number of nitrogens with zero attached hydrogens (tertiary/aromatic N) is 2. The molecule has 0 radical (unpaired) electrons. The van der Waals surface area contributed by atoms with Gasteiger partial charge in [0.2, 0.25) is 15.9 Å². The first-order valence-electron chi connectivity index (χ1n) is 13.8. The summed E-state index contributed by atoms with van der Waals surface area (Å²) >= 11 is 0. The van der Waals surface area contributed by atoms with Crippen LogP contribution in [0.2, 0.25) is 0 Å². The molecule has 1 aromatic carbocycles. The van der Waals surface area contributed by atoms with Crippen LogP contribution in [0.3, 0.4) is 0 Å². The first kappa shape index (κ1) is 29.4. The number of carbonyl (C=O) groups excluding carboxylic acids is 2. The Bertz CT molecular complexity index is 993. The van der Waals surface area contributed by atoms with Crippen molar-refractivity contribution in [2.75, 3.05) is 51.6 Å². The summed E-state index contributed by atoms with van der Waals surface area (Å²) in [5.74, 6) is 0.652. The van der Waals surface area contributed by atoms with Gasteiger partial charge in [-0.15, -0.1) is 0 Å². The highest BCUT2D eigenvalue weighted by atomic mass is 32.2. The Kier molecular flexibility index (Phi) is 11.7. The molecule has 2 N–H and O–H groups in total. The molecule has 1 aromatic rings. The molecule has 0 saturated carbocycles. The van der Waals surface area contributed by atoms with Gasteiger partial charge in [-0.1, -0.05) is 26.3 Å². The summed E-state index contributed by atoms with van der Waals surface area (Å²) in [6.07, 6.45) is 6.44. The summed E-state index contributed by atoms with van der Waals surface area (Å²) in [4.78, 5) is 27.9. The average Bonchev–Trinajstić information content (AvgIpc) is 2.88. The van der Waals surface area contributed by atoms with E-state index in [2.05, 4.69) is 29.4 Å². The molecule has 0 unspecified atom stereocenters. The van der Waals surface area contributed by atoms with Crippen molar-refractivity contribution in [2.45, 2.75) is 65.3 Å². The van der Waals surface area contributed by atoms with Gasteiger partial charge < -0.3 is 15.4 Å². The SMILES string of the molecule is CC(C)CCN1CC(=O)NCCCCCOc2cccc(C(=O)NCCS(=O)(=O)N3CCCCC3)c2C1. The summed E-state index contributed by atoms with van der Waals surface area (Å²) in [6.45, 7) is 7.99. The van der Waals surface area contributed by atoms with Crippen molar-refractivity contribution < 1.29 is 22.7 Å². The van der Waals surface area contributed by atoms with Crippen LogP contribution >= 0.6 is 0 Å². The molecular formula is C27H44N4O5S. The van der Waals surface area contributed by atoms with Crippen molar-refractivity contribution >= 4 is 21.8 Å². The Morgan fingerprint density at radius 2 is 1.84 bits per heavy atom. The normalized spacial score (nSPS) is 19.1. The van der Waals surface area contributed by atoms with Crippen molar-refractivity contribution in [1.82, 2.24) is 19.8 Å². The maximum atomic E-state index is 13.3. The number of ether oxygens (including phenoxy) is 1. The van der Waals surface area contributed by atoms with Crippen molar-refractivity contribution in [1.29, 1.82) is 0 Å². The molecule has 10 heteroatoms. The van der Waals surface area contributed by atoms with Crippen molar-refractivity contribution in [3.8, 4) is 5.75 Å². The molecule has 3 rings (SSSR count). The van der Waals surface area contributed by atoms with Gasteiger partial charge >= 0.3 is 0 Å². The molecule has 1 saturated heterocycles. The number of nitrogens with one attached hydrogen (secondary N) is 2. The van der Waals surface area contributed by atoms with E-state index < -0.39 is 10.0 Å². The molecule has 2 amide bonds. The van der Waals surface area contributed by atoms with E-state index in [-0.39, 0.29) is 30.7 Å². The Hall–Kier alpha value is -2.17. The monoisotopic (exact) mass is 536 g/mol. The standard InChI is InChI=1S/C27H44N4O5S/c1-22(2)12-17-30-20-24-23(27(33)29-14-19-37(34,35)31-15-6-4-7-16-31)10-9-11-25(24)36-18-8-3-5-13-28-26(32)21-30/h9-11,22H,3-8,12-21H2,1-2H3,(H,28,32)(H,29,33). The van der Waals surface area contributed by atoms with Crippen LogP contribution in [0.1, 0.15) is 74.7 Å². The third-order valence-electron chi connectivity index (χ3n) is 6.90. The van der Waals surface area contributed by atoms with E-state index in [9.17, 15) is 18.0 Å². The summed E-state index contributed by atoms with van der Waals surface area (Å²) in [5, 5.41) is 5.82. The minimum atomic E-state index is -3.40. The summed E-state index contributed by atoms with van der Waals surface area (Å²) in [5.41, 5.74) is 1.19. The predicted molar refractivity (Wildman–Crippen MR) is 145 cm³/mol. The second-order valence-corrected chi connectivity index (χ2v) is 12.6. The highest BCUT2D eigenvalue weighted by Crippen LogP contribution is 2.26. The first-order valence-corrected chi connectivity index (χ1v) is 15.4. The zero-order valence-electron chi connectivity index (χ0n) is 22.5. The molecule has 37 heavy (non-hydrogen) atoms. The van der Waals surface area contributed by atoms with E-state index in [4.69, 9.17) is 4.74 Å². The van der Waals surface area contributed by atoms with Crippen LogP contribution in [0.15, 0.2) is 18.2 Å². The summed E-state index contributed by atoms with van der Waals surface area (Å²) in [7, 11) is -3.40. The quantitative estimate of drug-likeness (QED) is 0.529. The number of sulfonamides is 1. The van der Waals surface area contributed by atoms with E-state index >= 15 is 0 Å². The fraction of sp³-hybridized carbons (Fsp3) is 0.704. The molecule has 9 nitrogen and oxygen atoms in total. The third-order valence-corrected chi connectivity index (χ3v) is 8.78. The molecule has 0 spiro atoms. The zero-order chi connectivity index (χ0) is 26.7. The maximum absolute atomic E-state index is 13.3. The Balaban J connectivity index is 1.76. The molecule has 1 fully saturated rings. The molecular weight excluding hydrogens is 492 g/mol. The number of benzene rings is 1. The van der Waals surface area contributed by atoms with Crippen LogP contribution in [0.5, 0.6) is 5.75 Å². The van der Waals surface area contributed by atoms with Crippen LogP contribution in [0.4, 0.5) is 0 Å². The fourth-order valence-corrected chi connectivity index (χ4v) is 6.12. The number of fused-ring (bicyclic) bond motifs is 1. The fourth-order valence-electron chi connectivity index (χ4n) is 4.69. The van der Waals surface area contributed by atoms with Gasteiger partial charge in [0.1, 0.15) is 5.75 Å². The topological polar surface area (TPSA) is 108 Å². The van der Waals surface area contributed by atoms with Crippen molar-refractivity contribution in [3.05, 3.63) is 29.3 Å². The number of rotatable bonds is 8. The number of piperidine rings is 1. The molecule has 0 aromatic heterocycles. The van der Waals surface area contributed by atoms with E-state index in [1.165, 1.54) is 4.31 Å². The smallest absolute Gasteiger partial charge is 0.251 e. The lowest BCUT2D eigenvalue weighted by atomic mass is 10.0. The van der Waals surface area contributed by atoms with Crippen molar-refractivity contribution in [2.24, 2.45) is 5.92 Å². The van der Waals surface area contributed by atoms with E-state index in [1.807, 2.05) is 6.07 Å². The number of amides is 2. The van der Waals surface area contributed by atoms with Gasteiger partial charge in [0.15, 0.2) is 0 Å². The van der Waals surface area contributed by atoms with Crippen LogP contribution in [0.25, 0.3) is 0 Å². The van der Waals surface area contributed by atoms with Gasteiger partial charge in [0.25, 0.3) is 5.91 Å². The predicted octanol–water partition coefficient (Wildman–Crippen LogP) is 2.76. The van der Waals surface area contributed by atoms with Crippen LogP contribution in [0, 0.1) is 5.92 Å². The number of carbonyl (C=O) groups is 2. The van der Waals surface area contributed by atoms with Gasteiger partial charge in [-0.05, 0) is 63.1 Å². The second-order valence-electron chi connectivity index (χ2n) is 10.5. The van der Waals surface area contributed by atoms with Crippen molar-refractivity contribution in [3.63, 3.8) is 0 Å². The molecule has 2 aliphatic heterocycles. The van der Waals surface area contributed by atoms with E-state index in [0.717, 1.165) is 50.5 Å². The number of hydrogen-bond donors (Lipinski definition) is 2. The summed E-state index contributed by atoms with van der Waals surface area (Å²) < 4.78 is 33.0. The molecule has 0 bridgehead atoms. The van der Waals surface area contributed by atoms with Gasteiger partial charge in [0, 0.05) is 43.9 Å². The minimum Gasteiger partial charge on any atom is -0.493 e. The Morgan fingerprint density at radius 1 is 1.08 bits per heavy atom. The third kappa shape index (κ3) is 9.57. The first-order chi connectivity index (χ1) is 17.8. The Morgan fingerprint density at radius 3 is 2.59 bits per heavy atom. The highest BCUT2D eigenvalue weighted by molar-refractivity contribution is 7.89. The van der Waals surface area contributed by atoms with Gasteiger partial charge in [0.05, 0.1) is 18.9 Å². The average molecular weight is 537 g/mol. The number of hydrogen-bond acceptors (Lipinski definition) is 6. The molecule has 2 aliphatic rings. The molecule has 0 atom stereocenters. The van der Waals surface area contributed by atoms with Gasteiger partial charge in [-0.25, -0.2) is 12.7 Å². The Labute approximate surface area is 222 Å². The van der Waals surface area contributed by atoms with Crippen LogP contribution in [-0.2, 0) is 21.4 Å². The molecule has 2 heterocycles. The largest absolute Gasteiger partial charge is 0.493 e. The van der Waals surface area contributed by atoms with E-state index in [0.29, 0.717) is 56.6 Å². The molecule has 208 valence electrons. The minimum absolute atomic E-state index is 0.0182. The van der Waals surface area contributed by atoms with E-state index in [1.54, 1.807) is 12.1 Å². The lowest BCUT2D eigenvalue weighted by molar-refractivity contribution is -0.122. The molecule has 0 aliphatic carbocycles. The van der Waals surface area contributed by atoms with Gasteiger partial charge in [-0.3, -0.25) is 14.5 Å². The second kappa shape index (κ2) is 14.7. The maximum Gasteiger partial charge on any atom is 0.251 e. The lowest BCUT2D eigenvalue weighted by Gasteiger charge is -2.26. The van der Waals surface area contributed by atoms with Crippen LogP contribution < -0.4 is 15.4 Å². The van der Waals surface area contributed by atoms with Gasteiger partial charge in [-0.2, -0.15) is 0 Å². The lowest BCUT2D eigenvalue weighted by Crippen LogP contribution is -2.40. The van der Waals surface area contributed by atoms with Crippen LogP contribution in [-0.4, -0.2) is 81.1 Å². The zero-order valence-corrected chi connectivity index (χ0v) is 23.3.